The number of benzene rings is 2. The van der Waals surface area contributed by atoms with E-state index in [0.29, 0.717) is 23.3 Å². The maximum Gasteiger partial charge on any atom is 0.252 e. The lowest BCUT2D eigenvalue weighted by molar-refractivity contribution is 0.100. The zero-order valence-electron chi connectivity index (χ0n) is 18.7. The van der Waals surface area contributed by atoms with Gasteiger partial charge in [0.05, 0.1) is 34.7 Å². The van der Waals surface area contributed by atoms with Crippen molar-refractivity contribution in [3.05, 3.63) is 53.7 Å². The Labute approximate surface area is 191 Å². The molecule has 0 spiro atoms. The second-order valence-corrected chi connectivity index (χ2v) is 7.85. The smallest absolute Gasteiger partial charge is 0.252 e. The highest BCUT2D eigenvalue weighted by atomic mass is 19.1. The van der Waals surface area contributed by atoms with Gasteiger partial charge in [0.25, 0.3) is 5.91 Å². The normalized spacial score (nSPS) is 14.5. The molecule has 1 fully saturated rings. The number of halogens is 2. The number of primary amides is 1. The van der Waals surface area contributed by atoms with Gasteiger partial charge >= 0.3 is 0 Å². The van der Waals surface area contributed by atoms with E-state index >= 15 is 0 Å². The third-order valence-corrected chi connectivity index (χ3v) is 5.86. The van der Waals surface area contributed by atoms with Crippen molar-refractivity contribution in [1.82, 2.24) is 9.88 Å². The Morgan fingerprint density at radius 2 is 1.91 bits per heavy atom. The minimum absolute atomic E-state index is 0.0806. The molecular formula is C24H27F2N5O2. The molecule has 33 heavy (non-hydrogen) atoms. The Morgan fingerprint density at radius 1 is 1.15 bits per heavy atom. The van der Waals surface area contributed by atoms with Crippen molar-refractivity contribution in [3.63, 3.8) is 0 Å². The lowest BCUT2D eigenvalue weighted by atomic mass is 10.1. The monoisotopic (exact) mass is 455 g/mol. The summed E-state index contributed by atoms with van der Waals surface area (Å²) < 4.78 is 34.1. The molecule has 0 bridgehead atoms. The number of nitrogens with two attached hydrogens (primary N) is 1. The van der Waals surface area contributed by atoms with E-state index in [4.69, 9.17) is 10.5 Å². The molecule has 0 aliphatic carbocycles. The number of hydrogen-bond donors (Lipinski definition) is 2. The third-order valence-electron chi connectivity index (χ3n) is 5.86. The number of likely N-dealkylation sites (N-methyl/N-ethyl adjacent to an activating group) is 1. The number of anilines is 3. The highest BCUT2D eigenvalue weighted by Crippen LogP contribution is 2.38. The number of rotatable bonds is 7. The molecule has 1 aliphatic heterocycles. The van der Waals surface area contributed by atoms with Gasteiger partial charge in [-0.2, -0.15) is 0 Å². The van der Waals surface area contributed by atoms with E-state index in [9.17, 15) is 13.6 Å². The molecule has 7 nitrogen and oxygen atoms in total. The maximum absolute atomic E-state index is 14.4. The lowest BCUT2D eigenvalue weighted by Crippen LogP contribution is -2.46. The Morgan fingerprint density at radius 3 is 2.58 bits per heavy atom. The number of pyridine rings is 1. The SMILES string of the molecule is CCOc1cc2ncc(C(N)=O)c(Nc3cc(F)ccc3F)c2cc1N1CCN(CC)CC1. The highest BCUT2D eigenvalue weighted by molar-refractivity contribution is 6.08. The molecule has 0 radical (unpaired) electrons. The summed E-state index contributed by atoms with van der Waals surface area (Å²) in [4.78, 5) is 21.1. The van der Waals surface area contributed by atoms with Gasteiger partial charge in [-0.25, -0.2) is 8.78 Å². The summed E-state index contributed by atoms with van der Waals surface area (Å²) in [7, 11) is 0. The molecule has 0 atom stereocenters. The van der Waals surface area contributed by atoms with Gasteiger partial charge in [0.1, 0.15) is 17.4 Å². The van der Waals surface area contributed by atoms with Crippen LogP contribution in [0.5, 0.6) is 5.75 Å². The van der Waals surface area contributed by atoms with Crippen LogP contribution < -0.4 is 20.7 Å². The highest BCUT2D eigenvalue weighted by Gasteiger charge is 2.22. The maximum atomic E-state index is 14.4. The first kappa shape index (κ1) is 22.7. The Balaban J connectivity index is 1.87. The number of aromatic nitrogens is 1. The summed E-state index contributed by atoms with van der Waals surface area (Å²) in [5, 5.41) is 3.44. The van der Waals surface area contributed by atoms with E-state index in [1.54, 1.807) is 6.07 Å². The van der Waals surface area contributed by atoms with E-state index in [1.807, 2.05) is 13.0 Å². The Kier molecular flexibility index (Phi) is 6.60. The number of hydrogen-bond acceptors (Lipinski definition) is 6. The molecule has 0 saturated carbocycles. The van der Waals surface area contributed by atoms with Crippen molar-refractivity contribution < 1.29 is 18.3 Å². The number of carbonyl (C=O) groups excluding carboxylic acids is 1. The summed E-state index contributed by atoms with van der Waals surface area (Å²) >= 11 is 0. The number of fused-ring (bicyclic) bond motifs is 1. The zero-order valence-corrected chi connectivity index (χ0v) is 18.7. The van der Waals surface area contributed by atoms with Crippen molar-refractivity contribution in [2.75, 3.05) is 49.5 Å². The fourth-order valence-electron chi connectivity index (χ4n) is 4.08. The summed E-state index contributed by atoms with van der Waals surface area (Å²) in [6.45, 7) is 8.96. The average Bonchev–Trinajstić information content (AvgIpc) is 2.81. The van der Waals surface area contributed by atoms with Crippen LogP contribution in [0.3, 0.4) is 0 Å². The van der Waals surface area contributed by atoms with E-state index in [2.05, 4.69) is 27.0 Å². The minimum atomic E-state index is -0.726. The second-order valence-electron chi connectivity index (χ2n) is 7.85. The number of carbonyl (C=O) groups is 1. The van der Waals surface area contributed by atoms with E-state index in [0.717, 1.165) is 56.6 Å². The topological polar surface area (TPSA) is 83.7 Å². The third kappa shape index (κ3) is 4.68. The summed E-state index contributed by atoms with van der Waals surface area (Å²) in [5.41, 5.74) is 7.23. The summed E-state index contributed by atoms with van der Waals surface area (Å²) in [6.07, 6.45) is 1.33. The van der Waals surface area contributed by atoms with Gasteiger partial charge in [0.15, 0.2) is 0 Å². The summed E-state index contributed by atoms with van der Waals surface area (Å²) in [5.74, 6) is -1.31. The number of nitrogens with zero attached hydrogens (tertiary/aromatic N) is 3. The van der Waals surface area contributed by atoms with E-state index < -0.39 is 17.5 Å². The van der Waals surface area contributed by atoms with Crippen LogP contribution in [-0.4, -0.2) is 55.1 Å². The van der Waals surface area contributed by atoms with E-state index in [-0.39, 0.29) is 16.9 Å². The molecule has 1 saturated heterocycles. The Hall–Kier alpha value is -3.46. The molecule has 3 aromatic rings. The van der Waals surface area contributed by atoms with Crippen molar-refractivity contribution in [3.8, 4) is 5.75 Å². The molecule has 2 heterocycles. The molecule has 3 N–H and O–H groups in total. The van der Waals surface area contributed by atoms with Crippen LogP contribution in [0.1, 0.15) is 24.2 Å². The van der Waals surface area contributed by atoms with E-state index in [1.165, 1.54) is 6.20 Å². The standard InChI is InChI=1S/C24H27F2N5O2/c1-3-30-7-9-31(10-8-30)21-12-16-19(13-22(21)33-4-2)28-14-17(24(27)32)23(16)29-20-11-15(25)5-6-18(20)26/h5-6,11-14H,3-4,7-10H2,1-2H3,(H2,27,32)(H,28,29). The molecule has 1 aromatic heterocycles. The van der Waals surface area contributed by atoms with Gasteiger partial charge in [-0.3, -0.25) is 9.78 Å². The number of ether oxygens (including phenoxy) is 1. The first-order valence-corrected chi connectivity index (χ1v) is 11.0. The van der Waals surface area contributed by atoms with Gasteiger partial charge in [-0.1, -0.05) is 6.92 Å². The first-order valence-electron chi connectivity index (χ1n) is 11.0. The van der Waals surface area contributed by atoms with Crippen molar-refractivity contribution >= 4 is 33.9 Å². The van der Waals surface area contributed by atoms with Gasteiger partial charge in [0, 0.05) is 49.9 Å². The van der Waals surface area contributed by atoms with Crippen LogP contribution in [0.15, 0.2) is 36.5 Å². The number of amides is 1. The van der Waals surface area contributed by atoms with Crippen LogP contribution >= 0.6 is 0 Å². The molecular weight excluding hydrogens is 428 g/mol. The van der Waals surface area contributed by atoms with Crippen molar-refractivity contribution in [2.24, 2.45) is 5.73 Å². The second kappa shape index (κ2) is 9.58. The average molecular weight is 456 g/mol. The molecule has 1 amide bonds. The van der Waals surface area contributed by atoms with Crippen LogP contribution in [-0.2, 0) is 0 Å². The fraction of sp³-hybridized carbons (Fsp3) is 0.333. The van der Waals surface area contributed by atoms with Gasteiger partial charge in [-0.15, -0.1) is 0 Å². The molecule has 4 rings (SSSR count). The van der Waals surface area contributed by atoms with Crippen molar-refractivity contribution in [2.45, 2.75) is 13.8 Å². The number of nitrogens with one attached hydrogen (secondary N) is 1. The van der Waals surface area contributed by atoms with Crippen LogP contribution in [0.25, 0.3) is 10.9 Å². The molecule has 174 valence electrons. The first-order chi connectivity index (χ1) is 15.9. The molecule has 0 unspecified atom stereocenters. The summed E-state index contributed by atoms with van der Waals surface area (Å²) in [6, 6.07) is 6.77. The van der Waals surface area contributed by atoms with Crippen LogP contribution in [0, 0.1) is 11.6 Å². The minimum Gasteiger partial charge on any atom is -0.492 e. The Bertz CT molecular complexity index is 1180. The predicted molar refractivity (Wildman–Crippen MR) is 125 cm³/mol. The van der Waals surface area contributed by atoms with Gasteiger partial charge in [-0.05, 0) is 31.7 Å². The van der Waals surface area contributed by atoms with Crippen LogP contribution in [0.4, 0.5) is 25.8 Å². The number of piperazine rings is 1. The molecule has 2 aromatic carbocycles. The largest absolute Gasteiger partial charge is 0.492 e. The quantitative estimate of drug-likeness (QED) is 0.562. The van der Waals surface area contributed by atoms with Crippen LogP contribution in [0.2, 0.25) is 0 Å². The predicted octanol–water partition coefficient (Wildman–Crippen LogP) is 3.90. The van der Waals surface area contributed by atoms with Gasteiger partial charge < -0.3 is 25.6 Å². The van der Waals surface area contributed by atoms with Gasteiger partial charge in [0.2, 0.25) is 0 Å². The molecule has 9 heteroatoms. The molecule has 1 aliphatic rings. The van der Waals surface area contributed by atoms with Crippen molar-refractivity contribution in [1.29, 1.82) is 0 Å². The lowest BCUT2D eigenvalue weighted by Gasteiger charge is -2.36. The fourth-order valence-corrected chi connectivity index (χ4v) is 4.08. The zero-order chi connectivity index (χ0) is 23.5.